The molecule has 0 unspecified atom stereocenters. The van der Waals surface area contributed by atoms with Crippen molar-refractivity contribution in [1.82, 2.24) is 0 Å². The highest BCUT2D eigenvalue weighted by Gasteiger charge is 2.05. The highest BCUT2D eigenvalue weighted by Crippen LogP contribution is 2.26. The van der Waals surface area contributed by atoms with Crippen LogP contribution in [0.5, 0.6) is 5.75 Å². The van der Waals surface area contributed by atoms with E-state index in [1.807, 2.05) is 26.0 Å². The van der Waals surface area contributed by atoms with Crippen LogP contribution in [0.2, 0.25) is 5.02 Å². The normalized spacial score (nSPS) is 10.5. The highest BCUT2D eigenvalue weighted by atomic mass is 79.9. The number of alkyl halides is 1. The van der Waals surface area contributed by atoms with Crippen molar-refractivity contribution in [3.63, 3.8) is 0 Å². The first kappa shape index (κ1) is 13.8. The van der Waals surface area contributed by atoms with Gasteiger partial charge in [-0.25, -0.2) is 0 Å². The SMILES string of the molecule is Cc1cc(Cl)cc(C)c1OCCOCCBr. The maximum atomic E-state index is 5.94. The Bertz CT molecular complexity index is 319. The molecule has 0 N–H and O–H groups in total. The van der Waals surface area contributed by atoms with Crippen LogP contribution in [0.15, 0.2) is 12.1 Å². The summed E-state index contributed by atoms with van der Waals surface area (Å²) < 4.78 is 11.0. The van der Waals surface area contributed by atoms with E-state index in [0.29, 0.717) is 19.8 Å². The topological polar surface area (TPSA) is 18.5 Å². The van der Waals surface area contributed by atoms with E-state index >= 15 is 0 Å². The average molecular weight is 308 g/mol. The van der Waals surface area contributed by atoms with Crippen molar-refractivity contribution in [2.24, 2.45) is 0 Å². The lowest BCUT2D eigenvalue weighted by molar-refractivity contribution is 0.112. The van der Waals surface area contributed by atoms with Crippen LogP contribution in [0, 0.1) is 13.8 Å². The monoisotopic (exact) mass is 306 g/mol. The lowest BCUT2D eigenvalue weighted by Gasteiger charge is -2.12. The third kappa shape index (κ3) is 4.32. The Balaban J connectivity index is 2.47. The summed E-state index contributed by atoms with van der Waals surface area (Å²) in [5.41, 5.74) is 2.12. The van der Waals surface area contributed by atoms with Gasteiger partial charge in [-0.05, 0) is 37.1 Å². The first-order chi connectivity index (χ1) is 7.65. The van der Waals surface area contributed by atoms with Gasteiger partial charge in [0.15, 0.2) is 0 Å². The Kier molecular flexibility index (Phi) is 6.17. The zero-order valence-corrected chi connectivity index (χ0v) is 11.9. The fourth-order valence-electron chi connectivity index (χ4n) is 1.48. The van der Waals surface area contributed by atoms with Gasteiger partial charge in [0.05, 0.1) is 13.2 Å². The van der Waals surface area contributed by atoms with E-state index in [2.05, 4.69) is 15.9 Å². The standard InChI is InChI=1S/C12H16BrClO2/c1-9-7-11(14)8-10(2)12(9)16-6-5-15-4-3-13/h7-8H,3-6H2,1-2H3. The van der Waals surface area contributed by atoms with Crippen molar-refractivity contribution >= 4 is 27.5 Å². The van der Waals surface area contributed by atoms with E-state index in [4.69, 9.17) is 21.1 Å². The molecule has 0 spiro atoms. The van der Waals surface area contributed by atoms with Crippen molar-refractivity contribution in [3.05, 3.63) is 28.3 Å². The molecule has 0 aliphatic carbocycles. The van der Waals surface area contributed by atoms with Crippen molar-refractivity contribution in [2.75, 3.05) is 25.2 Å². The van der Waals surface area contributed by atoms with Crippen LogP contribution in [0.4, 0.5) is 0 Å². The van der Waals surface area contributed by atoms with Crippen LogP contribution in [-0.4, -0.2) is 25.2 Å². The average Bonchev–Trinajstić information content (AvgIpc) is 2.20. The summed E-state index contributed by atoms with van der Waals surface area (Å²) in [6.45, 7) is 5.87. The van der Waals surface area contributed by atoms with Crippen LogP contribution in [0.1, 0.15) is 11.1 Å². The summed E-state index contributed by atoms with van der Waals surface area (Å²) >= 11 is 9.24. The molecule has 4 heteroatoms. The van der Waals surface area contributed by atoms with E-state index < -0.39 is 0 Å². The fraction of sp³-hybridized carbons (Fsp3) is 0.500. The predicted molar refractivity (Wildman–Crippen MR) is 71.0 cm³/mol. The second-order valence-electron chi connectivity index (χ2n) is 3.52. The third-order valence-electron chi connectivity index (χ3n) is 2.12. The van der Waals surface area contributed by atoms with Gasteiger partial charge in [0.25, 0.3) is 0 Å². The molecular weight excluding hydrogens is 291 g/mol. The van der Waals surface area contributed by atoms with Crippen molar-refractivity contribution in [1.29, 1.82) is 0 Å². The molecule has 0 aromatic heterocycles. The summed E-state index contributed by atoms with van der Waals surface area (Å²) in [5.74, 6) is 0.909. The van der Waals surface area contributed by atoms with Gasteiger partial charge in [0, 0.05) is 10.4 Å². The third-order valence-corrected chi connectivity index (χ3v) is 2.66. The minimum absolute atomic E-state index is 0.566. The number of halogens is 2. The summed E-state index contributed by atoms with van der Waals surface area (Å²) in [4.78, 5) is 0. The van der Waals surface area contributed by atoms with Crippen LogP contribution in [-0.2, 0) is 4.74 Å². The smallest absolute Gasteiger partial charge is 0.125 e. The largest absolute Gasteiger partial charge is 0.491 e. The summed E-state index contributed by atoms with van der Waals surface area (Å²) in [7, 11) is 0. The number of hydrogen-bond donors (Lipinski definition) is 0. The first-order valence-corrected chi connectivity index (χ1v) is 6.68. The molecule has 0 atom stereocenters. The Morgan fingerprint density at radius 1 is 1.12 bits per heavy atom. The zero-order valence-electron chi connectivity index (χ0n) is 9.56. The number of hydrogen-bond acceptors (Lipinski definition) is 2. The quantitative estimate of drug-likeness (QED) is 0.589. The molecule has 0 saturated carbocycles. The molecule has 0 heterocycles. The molecule has 1 rings (SSSR count). The van der Waals surface area contributed by atoms with Gasteiger partial charge in [-0.1, -0.05) is 27.5 Å². The number of ether oxygens (including phenoxy) is 2. The molecule has 90 valence electrons. The maximum absolute atomic E-state index is 5.94. The van der Waals surface area contributed by atoms with Crippen LogP contribution < -0.4 is 4.74 Å². The molecule has 0 saturated heterocycles. The van der Waals surface area contributed by atoms with Crippen LogP contribution in [0.3, 0.4) is 0 Å². The van der Waals surface area contributed by atoms with Gasteiger partial charge in [-0.15, -0.1) is 0 Å². The predicted octanol–water partition coefficient (Wildman–Crippen LogP) is 3.75. The molecule has 0 aliphatic heterocycles. The van der Waals surface area contributed by atoms with E-state index in [1.54, 1.807) is 0 Å². The molecule has 0 radical (unpaired) electrons. The first-order valence-electron chi connectivity index (χ1n) is 5.18. The minimum atomic E-state index is 0.566. The lowest BCUT2D eigenvalue weighted by atomic mass is 10.1. The highest BCUT2D eigenvalue weighted by molar-refractivity contribution is 9.09. The van der Waals surface area contributed by atoms with Gasteiger partial charge >= 0.3 is 0 Å². The molecule has 1 aromatic carbocycles. The number of aryl methyl sites for hydroxylation is 2. The second kappa shape index (κ2) is 7.15. The fourth-order valence-corrected chi connectivity index (χ4v) is 2.04. The van der Waals surface area contributed by atoms with E-state index in [9.17, 15) is 0 Å². The van der Waals surface area contributed by atoms with Crippen molar-refractivity contribution in [3.8, 4) is 5.75 Å². The summed E-state index contributed by atoms with van der Waals surface area (Å²) in [6, 6.07) is 3.81. The molecule has 0 fully saturated rings. The molecular formula is C12H16BrClO2. The van der Waals surface area contributed by atoms with E-state index in [0.717, 1.165) is 27.2 Å². The van der Waals surface area contributed by atoms with Crippen molar-refractivity contribution in [2.45, 2.75) is 13.8 Å². The van der Waals surface area contributed by atoms with Gasteiger partial charge in [0.2, 0.25) is 0 Å². The lowest BCUT2D eigenvalue weighted by Crippen LogP contribution is -2.09. The molecule has 0 amide bonds. The Morgan fingerprint density at radius 2 is 1.75 bits per heavy atom. The zero-order chi connectivity index (χ0) is 12.0. The Morgan fingerprint density at radius 3 is 2.31 bits per heavy atom. The Labute approximate surface area is 110 Å². The Hall–Kier alpha value is -0.250. The van der Waals surface area contributed by atoms with Crippen LogP contribution in [0.25, 0.3) is 0 Å². The number of benzene rings is 1. The van der Waals surface area contributed by atoms with E-state index in [-0.39, 0.29) is 0 Å². The van der Waals surface area contributed by atoms with Crippen LogP contribution >= 0.6 is 27.5 Å². The molecule has 0 aliphatic rings. The van der Waals surface area contributed by atoms with Crippen molar-refractivity contribution < 1.29 is 9.47 Å². The van der Waals surface area contributed by atoms with Gasteiger partial charge in [-0.2, -0.15) is 0 Å². The minimum Gasteiger partial charge on any atom is -0.491 e. The van der Waals surface area contributed by atoms with Gasteiger partial charge in [0.1, 0.15) is 12.4 Å². The second-order valence-corrected chi connectivity index (χ2v) is 4.75. The van der Waals surface area contributed by atoms with E-state index in [1.165, 1.54) is 0 Å². The molecule has 1 aromatic rings. The van der Waals surface area contributed by atoms with Gasteiger partial charge < -0.3 is 9.47 Å². The summed E-state index contributed by atoms with van der Waals surface area (Å²) in [5, 5.41) is 1.60. The number of rotatable bonds is 6. The maximum Gasteiger partial charge on any atom is 0.125 e. The molecule has 2 nitrogen and oxygen atoms in total. The molecule has 16 heavy (non-hydrogen) atoms. The summed E-state index contributed by atoms with van der Waals surface area (Å²) in [6.07, 6.45) is 0. The molecule has 0 bridgehead atoms. The van der Waals surface area contributed by atoms with Gasteiger partial charge in [-0.3, -0.25) is 0 Å².